The maximum atomic E-state index is 5.30. The van der Waals surface area contributed by atoms with Crippen LogP contribution in [0.1, 0.15) is 0 Å². The summed E-state index contributed by atoms with van der Waals surface area (Å²) in [7, 11) is 0. The monoisotopic (exact) mass is 948 g/mol. The van der Waals surface area contributed by atoms with Gasteiger partial charge in [-0.2, -0.15) is 0 Å². The highest BCUT2D eigenvalue weighted by Crippen LogP contribution is 2.41. The van der Waals surface area contributed by atoms with Crippen molar-refractivity contribution < 1.29 is 0 Å². The van der Waals surface area contributed by atoms with E-state index in [9.17, 15) is 0 Å². The van der Waals surface area contributed by atoms with Crippen LogP contribution in [0.5, 0.6) is 0 Å². The predicted octanol–water partition coefficient (Wildman–Crippen LogP) is 16.9. The number of hydrogen-bond acceptors (Lipinski definition) is 6. The average molecular weight is 949 g/mol. The van der Waals surface area contributed by atoms with Crippen molar-refractivity contribution in [2.45, 2.75) is 0 Å². The van der Waals surface area contributed by atoms with Crippen LogP contribution in [0.4, 0.5) is 34.1 Å². The largest absolute Gasteiger partial charge is 0.310 e. The van der Waals surface area contributed by atoms with Crippen LogP contribution >= 0.6 is 0 Å². The fourth-order valence-corrected chi connectivity index (χ4v) is 10.7. The van der Waals surface area contributed by atoms with Crippen molar-refractivity contribution in [3.05, 3.63) is 267 Å². The third kappa shape index (κ3) is 7.31. The molecular weight excluding hydrogens is 905 g/mol. The van der Waals surface area contributed by atoms with Gasteiger partial charge in [-0.05, 0) is 133 Å². The lowest BCUT2D eigenvalue weighted by Crippen LogP contribution is -2.10. The summed E-state index contributed by atoms with van der Waals surface area (Å²) in [6, 6.07) is 85.6. The highest BCUT2D eigenvalue weighted by molar-refractivity contribution is 6.10. The summed E-state index contributed by atoms with van der Waals surface area (Å²) in [6.07, 6.45) is 7.35. The molecule has 0 N–H and O–H groups in total. The van der Waals surface area contributed by atoms with E-state index in [4.69, 9.17) is 9.97 Å². The van der Waals surface area contributed by atoms with Crippen LogP contribution in [0.3, 0.4) is 0 Å². The number of rotatable bonds is 10. The van der Waals surface area contributed by atoms with Crippen molar-refractivity contribution in [2.24, 2.45) is 0 Å². The molecule has 0 atom stereocenters. The van der Waals surface area contributed by atoms with Crippen LogP contribution in [0, 0.1) is 0 Å². The van der Waals surface area contributed by atoms with Crippen LogP contribution in [0.15, 0.2) is 267 Å². The Morgan fingerprint density at radius 2 is 0.527 bits per heavy atom. The second-order valence-corrected chi connectivity index (χ2v) is 18.4. The van der Waals surface area contributed by atoms with Gasteiger partial charge in [-0.3, -0.25) is 9.97 Å². The highest BCUT2D eigenvalue weighted by Gasteiger charge is 2.20. The molecule has 8 nitrogen and oxygen atoms in total. The summed E-state index contributed by atoms with van der Waals surface area (Å²) < 4.78 is 4.69. The van der Waals surface area contributed by atoms with Gasteiger partial charge >= 0.3 is 0 Å². The predicted molar refractivity (Wildman–Crippen MR) is 304 cm³/mol. The number of hydrogen-bond donors (Lipinski definition) is 0. The Morgan fingerprint density at radius 3 is 0.851 bits per heavy atom. The van der Waals surface area contributed by atoms with E-state index in [2.05, 4.69) is 223 Å². The number of pyridine rings is 2. The number of nitrogens with zero attached hydrogens (tertiary/aromatic N) is 8. The molecule has 0 saturated carbocycles. The minimum Gasteiger partial charge on any atom is -0.310 e. The van der Waals surface area contributed by atoms with Crippen LogP contribution in [0.2, 0.25) is 0 Å². The van der Waals surface area contributed by atoms with E-state index in [-0.39, 0.29) is 0 Å². The summed E-state index contributed by atoms with van der Waals surface area (Å²) >= 11 is 0. The van der Waals surface area contributed by atoms with Gasteiger partial charge < -0.3 is 18.9 Å². The second kappa shape index (κ2) is 17.9. The fraction of sp³-hybridized carbons (Fsp3) is 0. The molecule has 5 aromatic heterocycles. The zero-order valence-corrected chi connectivity index (χ0v) is 40.0. The summed E-state index contributed by atoms with van der Waals surface area (Å²) in [6.45, 7) is 0. The third-order valence-corrected chi connectivity index (χ3v) is 14.1. The Labute approximate surface area is 427 Å². The van der Waals surface area contributed by atoms with Gasteiger partial charge in [-0.25, -0.2) is 9.97 Å². The first kappa shape index (κ1) is 42.7. The van der Waals surface area contributed by atoms with Gasteiger partial charge in [-0.15, -0.1) is 0 Å². The zero-order valence-electron chi connectivity index (χ0n) is 40.0. The maximum absolute atomic E-state index is 5.30. The van der Waals surface area contributed by atoms with Crippen LogP contribution in [-0.4, -0.2) is 29.1 Å². The molecule has 9 aromatic carbocycles. The Balaban J connectivity index is 0.812. The minimum absolute atomic E-state index is 0.806. The molecule has 14 aromatic rings. The van der Waals surface area contributed by atoms with Crippen molar-refractivity contribution in [3.8, 4) is 33.9 Å². The fourth-order valence-electron chi connectivity index (χ4n) is 10.7. The lowest BCUT2D eigenvalue weighted by Gasteiger charge is -2.26. The molecule has 0 aliphatic heterocycles. The number of fused-ring (bicyclic) bond motifs is 7. The SMILES string of the molecule is c1ccc2nc(-c3ccc(N(c4ccncc4)c4ccc(-n5c6ccccc6c6ccccc65)cc4)cc3)c(-c3ccc(N(c4ccncc4)c4ccc(-n5c6ccccc6c6ccccc65)cc4)cc3)nc2c1. The lowest BCUT2D eigenvalue weighted by atomic mass is 10.0. The molecule has 14 rings (SSSR count). The van der Waals surface area contributed by atoms with Gasteiger partial charge in [0, 0.05) is 103 Å². The second-order valence-electron chi connectivity index (χ2n) is 18.4. The molecule has 0 saturated heterocycles. The Hall–Kier alpha value is -10.2. The summed E-state index contributed by atoms with van der Waals surface area (Å²) in [5.74, 6) is 0. The summed E-state index contributed by atoms with van der Waals surface area (Å²) in [4.78, 5) is 23.9. The van der Waals surface area contributed by atoms with E-state index < -0.39 is 0 Å². The van der Waals surface area contributed by atoms with Crippen LogP contribution in [-0.2, 0) is 0 Å². The van der Waals surface area contributed by atoms with Gasteiger partial charge in [0.15, 0.2) is 0 Å². The number of aromatic nitrogens is 6. The van der Waals surface area contributed by atoms with Gasteiger partial charge in [0.1, 0.15) is 0 Å². The smallest absolute Gasteiger partial charge is 0.0973 e. The standard InChI is InChI=1S/C66H44N8/c1-7-17-61-55(11-1)56-12-2-8-18-62(56)73(61)51-33-29-49(30-34-51)71(53-37-41-67-42-38-53)47-25-21-45(22-26-47)65-66(70-60-16-6-5-15-59(60)69-65)46-23-27-48(28-24-46)72(54-39-43-68-44-40-54)50-31-35-52(36-32-50)74-63-19-9-3-13-57(63)58-14-4-10-20-64(58)74/h1-44H. The third-order valence-electron chi connectivity index (χ3n) is 14.1. The van der Waals surface area contributed by atoms with E-state index in [1.807, 2.05) is 73.3 Å². The topological polar surface area (TPSA) is 67.9 Å². The molecule has 0 unspecified atom stereocenters. The summed E-state index contributed by atoms with van der Waals surface area (Å²) in [5.41, 5.74) is 18.2. The van der Waals surface area contributed by atoms with E-state index in [1.54, 1.807) is 0 Å². The molecular formula is C66H44N8. The molecule has 348 valence electrons. The molecule has 0 radical (unpaired) electrons. The van der Waals surface area contributed by atoms with Crippen molar-refractivity contribution >= 4 is 88.8 Å². The van der Waals surface area contributed by atoms with Crippen molar-refractivity contribution in [1.29, 1.82) is 0 Å². The van der Waals surface area contributed by atoms with Gasteiger partial charge in [0.25, 0.3) is 0 Å². The number of benzene rings is 9. The minimum atomic E-state index is 0.806. The molecule has 0 fully saturated rings. The Morgan fingerprint density at radius 1 is 0.257 bits per heavy atom. The van der Waals surface area contributed by atoms with Crippen LogP contribution in [0.25, 0.3) is 88.5 Å². The lowest BCUT2D eigenvalue weighted by molar-refractivity contribution is 1.17. The highest BCUT2D eigenvalue weighted by atomic mass is 15.2. The van der Waals surface area contributed by atoms with E-state index in [0.717, 1.165) is 79.0 Å². The van der Waals surface area contributed by atoms with Gasteiger partial charge in [-0.1, -0.05) is 109 Å². The Bertz CT molecular complexity index is 3950. The first-order valence-electron chi connectivity index (χ1n) is 24.8. The molecule has 8 heteroatoms. The Kier molecular flexibility index (Phi) is 10.3. The number of para-hydroxylation sites is 6. The van der Waals surface area contributed by atoms with Crippen molar-refractivity contribution in [3.63, 3.8) is 0 Å². The first-order valence-corrected chi connectivity index (χ1v) is 24.8. The quantitative estimate of drug-likeness (QED) is 0.136. The van der Waals surface area contributed by atoms with E-state index in [0.29, 0.717) is 0 Å². The maximum Gasteiger partial charge on any atom is 0.0973 e. The molecule has 0 amide bonds. The van der Waals surface area contributed by atoms with Crippen LogP contribution < -0.4 is 9.80 Å². The summed E-state index contributed by atoms with van der Waals surface area (Å²) in [5, 5.41) is 4.96. The molecule has 5 heterocycles. The number of anilines is 6. The van der Waals surface area contributed by atoms with Crippen molar-refractivity contribution in [2.75, 3.05) is 9.80 Å². The molecule has 74 heavy (non-hydrogen) atoms. The van der Waals surface area contributed by atoms with Gasteiger partial charge in [0.05, 0.1) is 44.5 Å². The molecule has 0 spiro atoms. The molecule has 0 bridgehead atoms. The van der Waals surface area contributed by atoms with Gasteiger partial charge in [0.2, 0.25) is 0 Å². The first-order chi connectivity index (χ1) is 36.7. The average Bonchev–Trinajstić information content (AvgIpc) is 4.00. The van der Waals surface area contributed by atoms with Crippen molar-refractivity contribution in [1.82, 2.24) is 29.1 Å². The van der Waals surface area contributed by atoms with E-state index in [1.165, 1.54) is 43.6 Å². The zero-order chi connectivity index (χ0) is 49.0. The normalized spacial score (nSPS) is 11.5. The van der Waals surface area contributed by atoms with E-state index >= 15 is 0 Å². The molecule has 0 aliphatic carbocycles. The molecule has 0 aliphatic rings.